The van der Waals surface area contributed by atoms with Crippen molar-refractivity contribution in [3.63, 3.8) is 0 Å². The van der Waals surface area contributed by atoms with Gasteiger partial charge in [-0.2, -0.15) is 0 Å². The molecule has 1 rings (SSSR count). The minimum Gasteiger partial charge on any atom is -0.462 e. The molecule has 0 aromatic rings. The molecule has 1 aliphatic rings. The average molecular weight is 208 g/mol. The lowest BCUT2D eigenvalue weighted by Gasteiger charge is -2.27. The molecule has 15 heavy (non-hydrogen) atoms. The molecule has 0 aliphatic heterocycles. The van der Waals surface area contributed by atoms with E-state index in [4.69, 9.17) is 11.2 Å². The number of hydrogen-bond donors (Lipinski definition) is 1. The van der Waals surface area contributed by atoms with E-state index in [1.54, 1.807) is 6.92 Å². The van der Waals surface area contributed by atoms with Crippen molar-refractivity contribution in [2.75, 3.05) is 0 Å². The van der Waals surface area contributed by atoms with Crippen LogP contribution < -0.4 is 0 Å². The quantitative estimate of drug-likeness (QED) is 0.551. The van der Waals surface area contributed by atoms with E-state index in [1.165, 1.54) is 0 Å². The molecule has 0 fully saturated rings. The summed E-state index contributed by atoms with van der Waals surface area (Å²) in [5.41, 5.74) is 1.57. The molecular formula is C12H16O3. The molecule has 0 unspecified atom stereocenters. The number of esters is 1. The van der Waals surface area contributed by atoms with Crippen molar-refractivity contribution in [3.05, 3.63) is 11.1 Å². The molecule has 0 bridgehead atoms. The van der Waals surface area contributed by atoms with Gasteiger partial charge in [-0.05, 0) is 12.5 Å². The smallest absolute Gasteiger partial charge is 0.305 e. The highest BCUT2D eigenvalue weighted by Gasteiger charge is 2.26. The van der Waals surface area contributed by atoms with Crippen LogP contribution in [0.15, 0.2) is 11.1 Å². The van der Waals surface area contributed by atoms with Gasteiger partial charge < -0.3 is 9.84 Å². The maximum atomic E-state index is 11.1. The van der Waals surface area contributed by atoms with Gasteiger partial charge in [0.2, 0.25) is 0 Å². The molecule has 82 valence electrons. The first-order valence-electron chi connectivity index (χ1n) is 5.12. The van der Waals surface area contributed by atoms with Crippen LogP contribution >= 0.6 is 0 Å². The molecular weight excluding hydrogens is 192 g/mol. The molecule has 0 heterocycles. The SMILES string of the molecule is C#CC1=C(C)[C@H](O)C[C@@H](OC(=O)CC)C1. The zero-order valence-electron chi connectivity index (χ0n) is 9.12. The Balaban J connectivity index is 2.69. The van der Waals surface area contributed by atoms with Crippen LogP contribution in [-0.4, -0.2) is 23.3 Å². The summed E-state index contributed by atoms with van der Waals surface area (Å²) in [6, 6.07) is 0. The van der Waals surface area contributed by atoms with Gasteiger partial charge in [-0.1, -0.05) is 12.8 Å². The molecule has 1 aliphatic carbocycles. The summed E-state index contributed by atoms with van der Waals surface area (Å²) in [7, 11) is 0. The van der Waals surface area contributed by atoms with Gasteiger partial charge in [-0.25, -0.2) is 0 Å². The maximum absolute atomic E-state index is 11.1. The molecule has 0 radical (unpaired) electrons. The number of rotatable bonds is 2. The van der Waals surface area contributed by atoms with Crippen molar-refractivity contribution in [2.24, 2.45) is 0 Å². The van der Waals surface area contributed by atoms with Gasteiger partial charge in [0.15, 0.2) is 0 Å². The Kier molecular flexibility index (Phi) is 3.93. The first-order valence-corrected chi connectivity index (χ1v) is 5.12. The zero-order valence-corrected chi connectivity index (χ0v) is 9.12. The minimum absolute atomic E-state index is 0.247. The van der Waals surface area contributed by atoms with Crippen molar-refractivity contribution in [1.82, 2.24) is 0 Å². The Morgan fingerprint density at radius 2 is 2.40 bits per heavy atom. The molecule has 2 atom stereocenters. The Hall–Kier alpha value is -1.27. The van der Waals surface area contributed by atoms with Gasteiger partial charge in [0, 0.05) is 24.8 Å². The summed E-state index contributed by atoms with van der Waals surface area (Å²) in [4.78, 5) is 11.1. The number of carbonyl (C=O) groups is 1. The van der Waals surface area contributed by atoms with Crippen LogP contribution in [0, 0.1) is 12.3 Å². The second-order valence-corrected chi connectivity index (χ2v) is 3.73. The van der Waals surface area contributed by atoms with Crippen LogP contribution in [-0.2, 0) is 9.53 Å². The van der Waals surface area contributed by atoms with Gasteiger partial charge in [0.25, 0.3) is 0 Å². The first kappa shape index (κ1) is 11.8. The van der Waals surface area contributed by atoms with Crippen LogP contribution in [0.1, 0.15) is 33.1 Å². The van der Waals surface area contributed by atoms with Gasteiger partial charge in [0.1, 0.15) is 6.10 Å². The number of aliphatic hydroxyl groups excluding tert-OH is 1. The van der Waals surface area contributed by atoms with Crippen molar-refractivity contribution in [1.29, 1.82) is 0 Å². The second kappa shape index (κ2) is 4.99. The fourth-order valence-corrected chi connectivity index (χ4v) is 1.63. The Morgan fingerprint density at radius 1 is 1.73 bits per heavy atom. The van der Waals surface area contributed by atoms with E-state index in [1.807, 2.05) is 6.92 Å². The summed E-state index contributed by atoms with van der Waals surface area (Å²) in [6.07, 6.45) is 5.80. The van der Waals surface area contributed by atoms with Crippen LogP contribution in [0.25, 0.3) is 0 Å². The van der Waals surface area contributed by atoms with E-state index in [0.29, 0.717) is 19.3 Å². The van der Waals surface area contributed by atoms with E-state index in [-0.39, 0.29) is 12.1 Å². The molecule has 1 N–H and O–H groups in total. The van der Waals surface area contributed by atoms with Crippen molar-refractivity contribution >= 4 is 5.97 Å². The van der Waals surface area contributed by atoms with Crippen LogP contribution in [0.3, 0.4) is 0 Å². The number of aliphatic hydroxyl groups is 1. The Labute approximate surface area is 90.1 Å². The average Bonchev–Trinajstić information content (AvgIpc) is 2.22. The third-order valence-electron chi connectivity index (χ3n) is 2.65. The highest BCUT2D eigenvalue weighted by molar-refractivity contribution is 5.69. The van der Waals surface area contributed by atoms with Crippen LogP contribution in [0.4, 0.5) is 0 Å². The molecule has 0 aromatic carbocycles. The largest absolute Gasteiger partial charge is 0.462 e. The molecule has 0 saturated heterocycles. The van der Waals surface area contributed by atoms with E-state index >= 15 is 0 Å². The van der Waals surface area contributed by atoms with Gasteiger partial charge in [-0.15, -0.1) is 6.42 Å². The molecule has 0 amide bonds. The van der Waals surface area contributed by atoms with Crippen LogP contribution in [0.2, 0.25) is 0 Å². The summed E-state index contributed by atoms with van der Waals surface area (Å²) >= 11 is 0. The van der Waals surface area contributed by atoms with Crippen molar-refractivity contribution < 1.29 is 14.6 Å². The fourth-order valence-electron chi connectivity index (χ4n) is 1.63. The predicted octanol–water partition coefficient (Wildman–Crippen LogP) is 1.41. The van der Waals surface area contributed by atoms with Gasteiger partial charge in [0.05, 0.1) is 6.10 Å². The number of hydrogen-bond acceptors (Lipinski definition) is 3. The zero-order chi connectivity index (χ0) is 11.4. The standard InChI is InChI=1S/C12H16O3/c1-4-9-6-10(15-12(14)5-2)7-11(13)8(9)3/h1,10-11,13H,5-7H2,2-3H3/t10-,11+/m0/s1. The number of ether oxygens (including phenoxy) is 1. The third-order valence-corrected chi connectivity index (χ3v) is 2.65. The molecule has 0 saturated carbocycles. The number of terminal acetylenes is 1. The van der Waals surface area contributed by atoms with Crippen molar-refractivity contribution in [3.8, 4) is 12.3 Å². The predicted molar refractivity (Wildman–Crippen MR) is 56.9 cm³/mol. The van der Waals surface area contributed by atoms with E-state index in [9.17, 15) is 9.90 Å². The lowest BCUT2D eigenvalue weighted by molar-refractivity contribution is -0.150. The van der Waals surface area contributed by atoms with E-state index in [2.05, 4.69) is 5.92 Å². The normalized spacial score (nSPS) is 26.0. The topological polar surface area (TPSA) is 46.5 Å². The molecule has 0 aromatic heterocycles. The lowest BCUT2D eigenvalue weighted by atomic mass is 9.89. The third kappa shape index (κ3) is 2.84. The van der Waals surface area contributed by atoms with Crippen molar-refractivity contribution in [2.45, 2.75) is 45.3 Å². The maximum Gasteiger partial charge on any atom is 0.305 e. The van der Waals surface area contributed by atoms with Gasteiger partial charge in [-0.3, -0.25) is 4.79 Å². The lowest BCUT2D eigenvalue weighted by Crippen LogP contribution is -2.29. The first-order chi connectivity index (χ1) is 7.08. The molecule has 3 nitrogen and oxygen atoms in total. The highest BCUT2D eigenvalue weighted by atomic mass is 16.5. The second-order valence-electron chi connectivity index (χ2n) is 3.73. The summed E-state index contributed by atoms with van der Waals surface area (Å²) in [5, 5.41) is 9.69. The Bertz CT molecular complexity index is 322. The van der Waals surface area contributed by atoms with E-state index in [0.717, 1.165) is 11.1 Å². The Morgan fingerprint density at radius 3 is 2.93 bits per heavy atom. The number of carbonyl (C=O) groups excluding carboxylic acids is 1. The summed E-state index contributed by atoms with van der Waals surface area (Å²) < 4.78 is 5.16. The molecule has 0 spiro atoms. The van der Waals surface area contributed by atoms with Gasteiger partial charge >= 0.3 is 5.97 Å². The monoisotopic (exact) mass is 208 g/mol. The molecule has 3 heteroatoms. The minimum atomic E-state index is -0.584. The van der Waals surface area contributed by atoms with E-state index < -0.39 is 6.10 Å². The van der Waals surface area contributed by atoms with Crippen LogP contribution in [0.5, 0.6) is 0 Å². The highest BCUT2D eigenvalue weighted by Crippen LogP contribution is 2.26. The fraction of sp³-hybridized carbons (Fsp3) is 0.583. The summed E-state index contributed by atoms with van der Waals surface area (Å²) in [6.45, 7) is 3.56. The summed E-state index contributed by atoms with van der Waals surface area (Å²) in [5.74, 6) is 2.29.